The molecule has 1 aliphatic heterocycles. The fourth-order valence-electron chi connectivity index (χ4n) is 2.30. The molecular formula is C14H19F2NO4. The van der Waals surface area contributed by atoms with Gasteiger partial charge in [-0.25, -0.2) is 0 Å². The lowest BCUT2D eigenvalue weighted by atomic mass is 10.1. The molecule has 0 saturated carbocycles. The van der Waals surface area contributed by atoms with E-state index in [0.717, 1.165) is 12.1 Å². The first-order chi connectivity index (χ1) is 10.1. The average molecular weight is 303 g/mol. The molecule has 1 aliphatic rings. The monoisotopic (exact) mass is 303 g/mol. The zero-order chi connectivity index (χ0) is 15.2. The Bertz CT molecular complexity index is 459. The minimum atomic E-state index is -2.88. The molecule has 21 heavy (non-hydrogen) atoms. The molecule has 1 aromatic carbocycles. The van der Waals surface area contributed by atoms with Crippen molar-refractivity contribution < 1.29 is 28.1 Å². The van der Waals surface area contributed by atoms with Crippen LogP contribution in [0.1, 0.15) is 5.56 Å². The summed E-state index contributed by atoms with van der Waals surface area (Å²) in [5.74, 6) is 0.297. The smallest absolute Gasteiger partial charge is 0.387 e. The number of benzene rings is 1. The van der Waals surface area contributed by atoms with Crippen molar-refractivity contribution in [3.8, 4) is 11.5 Å². The van der Waals surface area contributed by atoms with Crippen LogP contribution in [0, 0.1) is 0 Å². The summed E-state index contributed by atoms with van der Waals surface area (Å²) >= 11 is 0. The summed E-state index contributed by atoms with van der Waals surface area (Å²) in [4.78, 5) is 2.13. The average Bonchev–Trinajstić information content (AvgIpc) is 2.48. The van der Waals surface area contributed by atoms with Crippen molar-refractivity contribution in [2.45, 2.75) is 19.3 Å². The van der Waals surface area contributed by atoms with Crippen LogP contribution < -0.4 is 9.47 Å². The SMILES string of the molecule is COc1cc(CN2CCOC(CO)C2)ccc1OC(F)F. The molecule has 7 heteroatoms. The Hall–Kier alpha value is -1.44. The van der Waals surface area contributed by atoms with Gasteiger partial charge in [-0.3, -0.25) is 4.90 Å². The number of nitrogens with zero attached hydrogens (tertiary/aromatic N) is 1. The lowest BCUT2D eigenvalue weighted by molar-refractivity contribution is -0.0553. The van der Waals surface area contributed by atoms with Gasteiger partial charge in [-0.05, 0) is 17.7 Å². The molecule has 0 aliphatic carbocycles. The zero-order valence-electron chi connectivity index (χ0n) is 11.8. The van der Waals surface area contributed by atoms with Crippen LogP contribution in [0.3, 0.4) is 0 Å². The highest BCUT2D eigenvalue weighted by Crippen LogP contribution is 2.30. The van der Waals surface area contributed by atoms with Crippen LogP contribution in [-0.2, 0) is 11.3 Å². The third kappa shape index (κ3) is 4.52. The van der Waals surface area contributed by atoms with Crippen molar-refractivity contribution in [3.05, 3.63) is 23.8 Å². The lowest BCUT2D eigenvalue weighted by Crippen LogP contribution is -2.43. The molecule has 1 saturated heterocycles. The molecule has 0 amide bonds. The van der Waals surface area contributed by atoms with E-state index in [9.17, 15) is 8.78 Å². The highest BCUT2D eigenvalue weighted by atomic mass is 19.3. The van der Waals surface area contributed by atoms with Crippen LogP contribution in [-0.4, -0.2) is 56.1 Å². The number of alkyl halides is 2. The van der Waals surface area contributed by atoms with Crippen molar-refractivity contribution in [2.75, 3.05) is 33.4 Å². The number of aliphatic hydroxyl groups excluding tert-OH is 1. The van der Waals surface area contributed by atoms with Crippen LogP contribution in [0.2, 0.25) is 0 Å². The van der Waals surface area contributed by atoms with Gasteiger partial charge in [0.2, 0.25) is 0 Å². The predicted molar refractivity (Wildman–Crippen MR) is 71.7 cm³/mol. The van der Waals surface area contributed by atoms with Gasteiger partial charge >= 0.3 is 6.61 Å². The van der Waals surface area contributed by atoms with Crippen molar-refractivity contribution in [3.63, 3.8) is 0 Å². The topological polar surface area (TPSA) is 51.2 Å². The summed E-state index contributed by atoms with van der Waals surface area (Å²) in [5.41, 5.74) is 0.923. The van der Waals surface area contributed by atoms with E-state index in [0.29, 0.717) is 19.7 Å². The molecule has 0 spiro atoms. The van der Waals surface area contributed by atoms with Crippen molar-refractivity contribution >= 4 is 0 Å². The van der Waals surface area contributed by atoms with Gasteiger partial charge in [0.1, 0.15) is 0 Å². The van der Waals surface area contributed by atoms with Gasteiger partial charge in [0.25, 0.3) is 0 Å². The molecule has 1 aromatic rings. The van der Waals surface area contributed by atoms with Gasteiger partial charge < -0.3 is 19.3 Å². The van der Waals surface area contributed by atoms with Gasteiger partial charge in [0, 0.05) is 19.6 Å². The van der Waals surface area contributed by atoms with Crippen molar-refractivity contribution in [1.82, 2.24) is 4.90 Å². The maximum absolute atomic E-state index is 12.3. The largest absolute Gasteiger partial charge is 0.493 e. The third-order valence-electron chi connectivity index (χ3n) is 3.28. The molecule has 1 fully saturated rings. The zero-order valence-corrected chi connectivity index (χ0v) is 11.8. The lowest BCUT2D eigenvalue weighted by Gasteiger charge is -2.32. The number of hydrogen-bond donors (Lipinski definition) is 1. The molecule has 5 nitrogen and oxygen atoms in total. The number of halogens is 2. The highest BCUT2D eigenvalue weighted by molar-refractivity contribution is 5.43. The summed E-state index contributed by atoms with van der Waals surface area (Å²) in [6.45, 7) is -0.308. The molecule has 1 unspecified atom stereocenters. The Morgan fingerprint density at radius 3 is 2.90 bits per heavy atom. The van der Waals surface area contributed by atoms with Crippen LogP contribution in [0.15, 0.2) is 18.2 Å². The maximum Gasteiger partial charge on any atom is 0.387 e. The van der Waals surface area contributed by atoms with E-state index in [1.807, 2.05) is 0 Å². The molecule has 1 N–H and O–H groups in total. The first-order valence-electron chi connectivity index (χ1n) is 6.69. The molecule has 0 bridgehead atoms. The molecule has 2 rings (SSSR count). The summed E-state index contributed by atoms with van der Waals surface area (Å²) in [6, 6.07) is 4.88. The second-order valence-electron chi connectivity index (χ2n) is 4.77. The minimum absolute atomic E-state index is 0.0129. The second-order valence-corrected chi connectivity index (χ2v) is 4.77. The number of hydrogen-bond acceptors (Lipinski definition) is 5. The van der Waals surface area contributed by atoms with Crippen LogP contribution in [0.4, 0.5) is 8.78 Å². The molecule has 1 atom stereocenters. The van der Waals surface area contributed by atoms with Crippen LogP contribution in [0.5, 0.6) is 11.5 Å². The maximum atomic E-state index is 12.3. The quantitative estimate of drug-likeness (QED) is 0.863. The number of ether oxygens (including phenoxy) is 3. The van der Waals surface area contributed by atoms with Gasteiger partial charge in [-0.15, -0.1) is 0 Å². The fourth-order valence-corrected chi connectivity index (χ4v) is 2.30. The van der Waals surface area contributed by atoms with E-state index < -0.39 is 6.61 Å². The molecule has 0 radical (unpaired) electrons. The normalized spacial score (nSPS) is 19.8. The minimum Gasteiger partial charge on any atom is -0.493 e. The molecule has 118 valence electrons. The summed E-state index contributed by atoms with van der Waals surface area (Å²) in [6.07, 6.45) is -0.179. The number of aliphatic hydroxyl groups is 1. The first kappa shape index (κ1) is 15.9. The van der Waals surface area contributed by atoms with E-state index in [1.54, 1.807) is 12.1 Å². The Labute approximate surface area is 122 Å². The standard InChI is InChI=1S/C14H19F2NO4/c1-19-13-6-10(2-3-12(13)21-14(15)16)7-17-4-5-20-11(8-17)9-18/h2-3,6,11,14,18H,4-5,7-9H2,1H3. The van der Waals surface area contributed by atoms with Crippen LogP contribution >= 0.6 is 0 Å². The van der Waals surface area contributed by atoms with E-state index in [4.69, 9.17) is 14.6 Å². The Balaban J connectivity index is 2.03. The summed E-state index contributed by atoms with van der Waals surface area (Å²) < 4.78 is 39.4. The van der Waals surface area contributed by atoms with E-state index in [-0.39, 0.29) is 24.2 Å². The first-order valence-corrected chi connectivity index (χ1v) is 6.69. The highest BCUT2D eigenvalue weighted by Gasteiger charge is 2.20. The number of methoxy groups -OCH3 is 1. The molecule has 0 aromatic heterocycles. The summed E-state index contributed by atoms with van der Waals surface area (Å²) in [5, 5.41) is 9.12. The van der Waals surface area contributed by atoms with E-state index >= 15 is 0 Å². The van der Waals surface area contributed by atoms with Gasteiger partial charge in [0.15, 0.2) is 11.5 Å². The van der Waals surface area contributed by atoms with Gasteiger partial charge in [-0.2, -0.15) is 8.78 Å². The van der Waals surface area contributed by atoms with Crippen molar-refractivity contribution in [1.29, 1.82) is 0 Å². The second kappa shape index (κ2) is 7.53. The molecule has 1 heterocycles. The van der Waals surface area contributed by atoms with Gasteiger partial charge in [-0.1, -0.05) is 6.07 Å². The Kier molecular flexibility index (Phi) is 5.72. The summed E-state index contributed by atoms with van der Waals surface area (Å²) in [7, 11) is 1.41. The number of morpholine rings is 1. The Morgan fingerprint density at radius 2 is 2.24 bits per heavy atom. The third-order valence-corrected chi connectivity index (χ3v) is 3.28. The number of rotatable bonds is 6. The van der Waals surface area contributed by atoms with E-state index in [1.165, 1.54) is 13.2 Å². The van der Waals surface area contributed by atoms with Gasteiger partial charge in [0.05, 0.1) is 26.4 Å². The molecular weight excluding hydrogens is 284 g/mol. The fraction of sp³-hybridized carbons (Fsp3) is 0.571. The predicted octanol–water partition coefficient (Wildman–Crippen LogP) is 1.49. The van der Waals surface area contributed by atoms with Crippen LogP contribution in [0.25, 0.3) is 0 Å². The van der Waals surface area contributed by atoms with Crippen molar-refractivity contribution in [2.24, 2.45) is 0 Å². The van der Waals surface area contributed by atoms with E-state index in [2.05, 4.69) is 9.64 Å². The Morgan fingerprint density at radius 1 is 1.43 bits per heavy atom.